The van der Waals surface area contributed by atoms with Crippen molar-refractivity contribution in [1.29, 1.82) is 0 Å². The van der Waals surface area contributed by atoms with Gasteiger partial charge in [0.2, 0.25) is 0 Å². The predicted molar refractivity (Wildman–Crippen MR) is 86.4 cm³/mol. The van der Waals surface area contributed by atoms with Gasteiger partial charge in [0.15, 0.2) is 5.78 Å². The van der Waals surface area contributed by atoms with Crippen LogP contribution in [-0.4, -0.2) is 11.8 Å². The summed E-state index contributed by atoms with van der Waals surface area (Å²) in [6, 6.07) is 13.2. The van der Waals surface area contributed by atoms with Crippen molar-refractivity contribution >= 4 is 23.4 Å². The quantitative estimate of drug-likeness (QED) is 0.475. The van der Waals surface area contributed by atoms with E-state index in [9.17, 15) is 9.59 Å². The average molecular weight is 317 g/mol. The number of ketones is 1. The summed E-state index contributed by atoms with van der Waals surface area (Å²) in [6.45, 7) is 5.36. The molecule has 0 aliphatic heterocycles. The number of carbonyl (C=O) groups excluding carboxylic acids is 2. The van der Waals surface area contributed by atoms with Crippen molar-refractivity contribution in [2.75, 3.05) is 0 Å². The Morgan fingerprint density at radius 1 is 0.864 bits per heavy atom. The van der Waals surface area contributed by atoms with Gasteiger partial charge in [-0.25, -0.2) is 0 Å². The van der Waals surface area contributed by atoms with Gasteiger partial charge in [-0.05, 0) is 69.3 Å². The molecule has 0 atom stereocenters. The number of esters is 1. The van der Waals surface area contributed by atoms with E-state index in [-0.39, 0.29) is 11.8 Å². The summed E-state index contributed by atoms with van der Waals surface area (Å²) in [4.78, 5) is 24.1. The van der Waals surface area contributed by atoms with Crippen molar-refractivity contribution in [3.63, 3.8) is 0 Å². The largest absolute Gasteiger partial charge is 0.426 e. The highest BCUT2D eigenvalue weighted by molar-refractivity contribution is 6.30. The number of carbonyl (C=O) groups is 2. The van der Waals surface area contributed by atoms with Crippen LogP contribution in [-0.2, 0) is 4.79 Å². The Morgan fingerprint density at radius 3 is 1.77 bits per heavy atom. The first-order valence-electron chi connectivity index (χ1n) is 6.90. The summed E-state index contributed by atoms with van der Waals surface area (Å²) in [6.07, 6.45) is 0. The van der Waals surface area contributed by atoms with E-state index in [1.165, 1.54) is 0 Å². The van der Waals surface area contributed by atoms with E-state index in [1.54, 1.807) is 69.3 Å². The van der Waals surface area contributed by atoms with Gasteiger partial charge in [0.05, 0.1) is 5.41 Å². The Bertz CT molecular complexity index is 680. The Hall–Kier alpha value is -2.13. The van der Waals surface area contributed by atoms with Gasteiger partial charge >= 0.3 is 5.97 Å². The van der Waals surface area contributed by atoms with E-state index in [4.69, 9.17) is 16.3 Å². The standard InChI is InChI=1S/C18H17ClO3/c1-18(2,3)17(21)22-15-10-6-13(7-11-15)16(20)12-4-8-14(19)9-5-12/h4-11H,1-3H3. The number of hydrogen-bond donors (Lipinski definition) is 0. The molecule has 0 unspecified atom stereocenters. The molecule has 0 N–H and O–H groups in total. The number of ether oxygens (including phenoxy) is 1. The van der Waals surface area contributed by atoms with Crippen LogP contribution in [0.2, 0.25) is 5.02 Å². The molecule has 3 nitrogen and oxygen atoms in total. The predicted octanol–water partition coefficient (Wildman–Crippen LogP) is 4.52. The first-order valence-corrected chi connectivity index (χ1v) is 7.28. The van der Waals surface area contributed by atoms with E-state index < -0.39 is 5.41 Å². The molecule has 2 rings (SSSR count). The summed E-state index contributed by atoms with van der Waals surface area (Å²) in [5.41, 5.74) is 0.513. The lowest BCUT2D eigenvalue weighted by Gasteiger charge is -2.16. The molecule has 22 heavy (non-hydrogen) atoms. The van der Waals surface area contributed by atoms with Crippen LogP contribution < -0.4 is 4.74 Å². The van der Waals surface area contributed by atoms with Gasteiger partial charge in [-0.15, -0.1) is 0 Å². The fraction of sp³-hybridized carbons (Fsp3) is 0.222. The third-order valence-electron chi connectivity index (χ3n) is 3.05. The number of hydrogen-bond acceptors (Lipinski definition) is 3. The zero-order chi connectivity index (χ0) is 16.3. The first-order chi connectivity index (χ1) is 10.3. The number of halogens is 1. The molecule has 0 saturated carbocycles. The zero-order valence-corrected chi connectivity index (χ0v) is 13.5. The Kier molecular flexibility index (Phi) is 4.67. The molecule has 2 aromatic carbocycles. The van der Waals surface area contributed by atoms with Crippen LogP contribution in [0.15, 0.2) is 48.5 Å². The summed E-state index contributed by atoms with van der Waals surface area (Å²) in [5, 5.41) is 0.584. The zero-order valence-electron chi connectivity index (χ0n) is 12.7. The highest BCUT2D eigenvalue weighted by Crippen LogP contribution is 2.21. The van der Waals surface area contributed by atoms with Gasteiger partial charge in [0.1, 0.15) is 5.75 Å². The monoisotopic (exact) mass is 316 g/mol. The second kappa shape index (κ2) is 6.32. The van der Waals surface area contributed by atoms with Gasteiger partial charge in [-0.3, -0.25) is 9.59 Å². The normalized spacial score (nSPS) is 11.1. The van der Waals surface area contributed by atoms with Crippen LogP contribution >= 0.6 is 11.6 Å². The van der Waals surface area contributed by atoms with Gasteiger partial charge in [0.25, 0.3) is 0 Å². The van der Waals surface area contributed by atoms with Crippen molar-refractivity contribution < 1.29 is 14.3 Å². The molecule has 0 aliphatic rings. The highest BCUT2D eigenvalue weighted by atomic mass is 35.5. The Morgan fingerprint density at radius 2 is 1.32 bits per heavy atom. The fourth-order valence-corrected chi connectivity index (χ4v) is 1.83. The first kappa shape index (κ1) is 16.2. The van der Waals surface area contributed by atoms with Crippen molar-refractivity contribution in [3.05, 3.63) is 64.7 Å². The summed E-state index contributed by atoms with van der Waals surface area (Å²) in [5.74, 6) is 0.00206. The maximum atomic E-state index is 12.3. The van der Waals surface area contributed by atoms with E-state index in [2.05, 4.69) is 0 Å². The minimum atomic E-state index is -0.572. The lowest BCUT2D eigenvalue weighted by molar-refractivity contribution is -0.142. The molecule has 2 aromatic rings. The lowest BCUT2D eigenvalue weighted by Crippen LogP contribution is -2.25. The topological polar surface area (TPSA) is 43.4 Å². The van der Waals surface area contributed by atoms with Crippen molar-refractivity contribution in [2.24, 2.45) is 5.41 Å². The van der Waals surface area contributed by atoms with Crippen molar-refractivity contribution in [2.45, 2.75) is 20.8 Å². The summed E-state index contributed by atoms with van der Waals surface area (Å²) >= 11 is 5.81. The maximum Gasteiger partial charge on any atom is 0.316 e. The minimum absolute atomic E-state index is 0.106. The Balaban J connectivity index is 2.13. The van der Waals surface area contributed by atoms with E-state index in [1.807, 2.05) is 0 Å². The third kappa shape index (κ3) is 3.95. The van der Waals surface area contributed by atoms with Crippen LogP contribution in [0.4, 0.5) is 0 Å². The van der Waals surface area contributed by atoms with Crippen molar-refractivity contribution in [3.8, 4) is 5.75 Å². The molecule has 0 saturated heterocycles. The molecule has 0 aromatic heterocycles. The van der Waals surface area contributed by atoms with E-state index in [0.29, 0.717) is 21.9 Å². The van der Waals surface area contributed by atoms with Crippen molar-refractivity contribution in [1.82, 2.24) is 0 Å². The van der Waals surface area contributed by atoms with Crippen LogP contribution in [0, 0.1) is 5.41 Å². The van der Waals surface area contributed by atoms with Gasteiger partial charge in [-0.1, -0.05) is 11.6 Å². The molecule has 0 spiro atoms. The van der Waals surface area contributed by atoms with E-state index in [0.717, 1.165) is 0 Å². The van der Waals surface area contributed by atoms with Gasteiger partial charge in [0, 0.05) is 16.1 Å². The second-order valence-corrected chi connectivity index (χ2v) is 6.44. The van der Waals surface area contributed by atoms with Crippen LogP contribution in [0.25, 0.3) is 0 Å². The third-order valence-corrected chi connectivity index (χ3v) is 3.30. The average Bonchev–Trinajstić information content (AvgIpc) is 2.47. The molecule has 0 radical (unpaired) electrons. The summed E-state index contributed by atoms with van der Waals surface area (Å²) < 4.78 is 5.27. The number of rotatable bonds is 3. The van der Waals surface area contributed by atoms with E-state index >= 15 is 0 Å². The molecule has 0 bridgehead atoms. The smallest absolute Gasteiger partial charge is 0.316 e. The Labute approximate surface area is 134 Å². The molecular formula is C18H17ClO3. The minimum Gasteiger partial charge on any atom is -0.426 e. The fourth-order valence-electron chi connectivity index (χ4n) is 1.70. The van der Waals surface area contributed by atoms with Gasteiger partial charge < -0.3 is 4.74 Å². The molecular weight excluding hydrogens is 300 g/mol. The van der Waals surface area contributed by atoms with Gasteiger partial charge in [-0.2, -0.15) is 0 Å². The number of benzene rings is 2. The SMILES string of the molecule is CC(C)(C)C(=O)Oc1ccc(C(=O)c2ccc(Cl)cc2)cc1. The molecule has 0 heterocycles. The molecule has 0 fully saturated rings. The van der Waals surface area contributed by atoms with Crippen LogP contribution in [0.3, 0.4) is 0 Å². The van der Waals surface area contributed by atoms with Crippen LogP contribution in [0.1, 0.15) is 36.7 Å². The molecule has 114 valence electrons. The second-order valence-electron chi connectivity index (χ2n) is 6.00. The molecule has 4 heteroatoms. The molecule has 0 aliphatic carbocycles. The molecule has 0 amide bonds. The maximum absolute atomic E-state index is 12.3. The van der Waals surface area contributed by atoms with Crippen LogP contribution in [0.5, 0.6) is 5.75 Å². The highest BCUT2D eigenvalue weighted by Gasteiger charge is 2.23. The lowest BCUT2D eigenvalue weighted by atomic mass is 9.97. The summed E-state index contributed by atoms with van der Waals surface area (Å²) in [7, 11) is 0.